The van der Waals surface area contributed by atoms with Crippen LogP contribution in [0.3, 0.4) is 0 Å². The molecule has 1 fully saturated rings. The molecule has 0 aliphatic carbocycles. The van der Waals surface area contributed by atoms with Crippen LogP contribution in [0.25, 0.3) is 0 Å². The molecule has 1 amide bonds. The predicted molar refractivity (Wildman–Crippen MR) is 119 cm³/mol. The number of carbonyl (C=O) groups is 2. The Morgan fingerprint density at radius 1 is 1.09 bits per heavy atom. The Balaban J connectivity index is 2.20. The van der Waals surface area contributed by atoms with Crippen molar-refractivity contribution in [3.05, 3.63) is 35.9 Å². The van der Waals surface area contributed by atoms with Crippen LogP contribution in [0.2, 0.25) is 18.1 Å². The van der Waals surface area contributed by atoms with E-state index in [0.29, 0.717) is 6.42 Å². The zero-order valence-electron chi connectivity index (χ0n) is 19.3. The van der Waals surface area contributed by atoms with Gasteiger partial charge in [0.15, 0.2) is 8.32 Å². The molecule has 0 N–H and O–H groups in total. The molecule has 0 spiro atoms. The van der Waals surface area contributed by atoms with Crippen molar-refractivity contribution in [3.8, 4) is 0 Å². The lowest BCUT2D eigenvalue weighted by molar-refractivity contribution is -0.172. The number of alkyl halides is 3. The highest BCUT2D eigenvalue weighted by Gasteiger charge is 2.48. The third kappa shape index (κ3) is 6.57. The summed E-state index contributed by atoms with van der Waals surface area (Å²) in [4.78, 5) is 26.2. The number of hydrogen-bond acceptors (Lipinski definition) is 4. The maximum Gasteiger partial charge on any atom is 0.449 e. The zero-order chi connectivity index (χ0) is 23.9. The summed E-state index contributed by atoms with van der Waals surface area (Å²) in [5.74, 6) is -2.38. The molecule has 1 aliphatic rings. The Morgan fingerprint density at radius 3 is 2.22 bits per heavy atom. The number of ether oxygens (including phenoxy) is 1. The third-order valence-electron chi connectivity index (χ3n) is 6.69. The topological polar surface area (TPSA) is 55.8 Å². The number of Topliss-reactive ketones (excluding diaryl/α,β-unsaturated/α-hetero) is 1. The van der Waals surface area contributed by atoms with Gasteiger partial charge in [0.1, 0.15) is 6.61 Å². The van der Waals surface area contributed by atoms with Gasteiger partial charge in [-0.1, -0.05) is 51.1 Å². The highest BCUT2D eigenvalue weighted by molar-refractivity contribution is 6.73. The van der Waals surface area contributed by atoms with Gasteiger partial charge in [0, 0.05) is 12.5 Å². The fourth-order valence-electron chi connectivity index (χ4n) is 4.48. The van der Waals surface area contributed by atoms with E-state index in [4.69, 9.17) is 9.16 Å². The van der Waals surface area contributed by atoms with Gasteiger partial charge in [-0.25, -0.2) is 4.79 Å². The van der Waals surface area contributed by atoms with Gasteiger partial charge < -0.3 is 9.16 Å². The maximum atomic E-state index is 13.0. The van der Waals surface area contributed by atoms with E-state index in [0.717, 1.165) is 23.7 Å². The van der Waals surface area contributed by atoms with Crippen molar-refractivity contribution in [1.82, 2.24) is 4.90 Å². The van der Waals surface area contributed by atoms with Crippen molar-refractivity contribution in [2.24, 2.45) is 5.92 Å². The molecule has 2 rings (SSSR count). The van der Waals surface area contributed by atoms with Crippen LogP contribution >= 0.6 is 0 Å². The number of rotatable bonds is 10. The quantitative estimate of drug-likeness (QED) is 0.394. The van der Waals surface area contributed by atoms with E-state index in [1.165, 1.54) is 4.90 Å². The Hall–Kier alpha value is -1.87. The van der Waals surface area contributed by atoms with E-state index in [1.807, 2.05) is 30.3 Å². The second-order valence-electron chi connectivity index (χ2n) is 8.54. The van der Waals surface area contributed by atoms with Crippen molar-refractivity contribution in [1.29, 1.82) is 0 Å². The first kappa shape index (κ1) is 26.4. The molecule has 0 unspecified atom stereocenters. The summed E-state index contributed by atoms with van der Waals surface area (Å²) >= 11 is 0. The van der Waals surface area contributed by atoms with Crippen LogP contribution in [0.15, 0.2) is 30.3 Å². The highest BCUT2D eigenvalue weighted by Crippen LogP contribution is 2.36. The van der Waals surface area contributed by atoms with Crippen LogP contribution in [0, 0.1) is 5.92 Å². The first-order chi connectivity index (χ1) is 15.1. The molecule has 9 heteroatoms. The Bertz CT molecular complexity index is 747. The second-order valence-corrected chi connectivity index (χ2v) is 13.3. The Labute approximate surface area is 189 Å². The summed E-state index contributed by atoms with van der Waals surface area (Å²) in [5, 5.41) is 0. The van der Waals surface area contributed by atoms with E-state index >= 15 is 0 Å². The van der Waals surface area contributed by atoms with Gasteiger partial charge in [-0.05, 0) is 43.0 Å². The van der Waals surface area contributed by atoms with Crippen molar-refractivity contribution in [2.75, 3.05) is 6.61 Å². The molecule has 1 aromatic rings. The molecule has 0 aromatic heterocycles. The van der Waals surface area contributed by atoms with Crippen LogP contribution in [0.5, 0.6) is 0 Å². The molecule has 1 aromatic carbocycles. The Morgan fingerprint density at radius 2 is 1.69 bits per heavy atom. The molecule has 1 saturated heterocycles. The Kier molecular flexibility index (Phi) is 9.33. The molecule has 1 heterocycles. The van der Waals surface area contributed by atoms with Crippen molar-refractivity contribution < 1.29 is 31.9 Å². The molecular weight excluding hydrogens is 439 g/mol. The van der Waals surface area contributed by atoms with E-state index in [2.05, 4.69) is 20.8 Å². The van der Waals surface area contributed by atoms with Crippen molar-refractivity contribution in [3.63, 3.8) is 0 Å². The van der Waals surface area contributed by atoms with E-state index in [9.17, 15) is 22.8 Å². The van der Waals surface area contributed by atoms with Gasteiger partial charge in [-0.2, -0.15) is 13.2 Å². The first-order valence-corrected chi connectivity index (χ1v) is 13.8. The van der Waals surface area contributed by atoms with Crippen molar-refractivity contribution >= 4 is 20.2 Å². The van der Waals surface area contributed by atoms with E-state index in [1.54, 1.807) is 6.92 Å². The summed E-state index contributed by atoms with van der Waals surface area (Å²) in [6, 6.07) is 10.9. The van der Waals surface area contributed by atoms with Gasteiger partial charge in [0.25, 0.3) is 0 Å². The van der Waals surface area contributed by atoms with E-state index < -0.39 is 44.8 Å². The summed E-state index contributed by atoms with van der Waals surface area (Å²) in [7, 11) is -2.03. The number of benzene rings is 1. The maximum absolute atomic E-state index is 13.0. The summed E-state index contributed by atoms with van der Waals surface area (Å²) in [5.41, 5.74) is 0.818. The fraction of sp³-hybridized carbons (Fsp3) is 0.652. The zero-order valence-corrected chi connectivity index (χ0v) is 20.3. The summed E-state index contributed by atoms with van der Waals surface area (Å²) < 4.78 is 50.7. The lowest BCUT2D eigenvalue weighted by Crippen LogP contribution is -2.48. The lowest BCUT2D eigenvalue weighted by atomic mass is 9.93. The van der Waals surface area contributed by atoms with Crippen molar-refractivity contribution in [2.45, 2.75) is 83.5 Å². The van der Waals surface area contributed by atoms with Crippen LogP contribution in [0.1, 0.15) is 46.1 Å². The van der Waals surface area contributed by atoms with Crippen LogP contribution in [0.4, 0.5) is 18.0 Å². The highest BCUT2D eigenvalue weighted by atomic mass is 28.4. The molecule has 180 valence electrons. The molecule has 0 saturated carbocycles. The first-order valence-electron chi connectivity index (χ1n) is 11.3. The van der Waals surface area contributed by atoms with Gasteiger partial charge in [0.2, 0.25) is 5.78 Å². The van der Waals surface area contributed by atoms with Gasteiger partial charge in [-0.3, -0.25) is 9.69 Å². The molecule has 32 heavy (non-hydrogen) atoms. The monoisotopic (exact) mass is 473 g/mol. The number of hydrogen-bond donors (Lipinski definition) is 0. The molecule has 5 nitrogen and oxygen atoms in total. The predicted octanol–water partition coefficient (Wildman–Crippen LogP) is 5.95. The van der Waals surface area contributed by atoms with E-state index in [-0.39, 0.29) is 19.3 Å². The van der Waals surface area contributed by atoms with Gasteiger partial charge >= 0.3 is 12.3 Å². The summed E-state index contributed by atoms with van der Waals surface area (Å²) in [6.45, 7) is 8.16. The standard InChI is InChI=1S/C23H34F3NO4Si/c1-5-32(6-2,7-3)31-16-20-19(14-21(28)23(24,25)26)13-17(4)27(20)22(29)30-15-18-11-9-8-10-12-18/h8-12,17,19-20H,5-7,13-16H2,1-4H3/t17-,19-,20+/m1/s1. The van der Waals surface area contributed by atoms with Gasteiger partial charge in [-0.15, -0.1) is 0 Å². The largest absolute Gasteiger partial charge is 0.449 e. The average Bonchev–Trinajstić information content (AvgIpc) is 3.08. The number of likely N-dealkylation sites (tertiary alicyclic amines) is 1. The molecule has 0 bridgehead atoms. The molecule has 3 atom stereocenters. The normalized spacial score (nSPS) is 21.6. The number of amides is 1. The minimum Gasteiger partial charge on any atom is -0.445 e. The van der Waals surface area contributed by atoms with Crippen LogP contribution in [-0.4, -0.2) is 50.0 Å². The summed E-state index contributed by atoms with van der Waals surface area (Å²) in [6.07, 6.45) is -5.82. The fourth-order valence-corrected chi connectivity index (χ4v) is 7.12. The molecule has 1 aliphatic heterocycles. The van der Waals surface area contributed by atoms with Crippen LogP contribution < -0.4 is 0 Å². The second kappa shape index (κ2) is 11.3. The number of ketones is 1. The third-order valence-corrected chi connectivity index (χ3v) is 11.3. The van der Waals surface area contributed by atoms with Crippen LogP contribution in [-0.2, 0) is 20.6 Å². The lowest BCUT2D eigenvalue weighted by Gasteiger charge is -2.34. The SMILES string of the molecule is CC[Si](CC)(CC)OC[C@H]1[C@@H](CC(=O)C(F)(F)F)C[C@@H](C)N1C(=O)OCc1ccccc1. The molecule has 0 radical (unpaired) electrons. The minimum absolute atomic E-state index is 0.0696. The minimum atomic E-state index is -4.88. The van der Waals surface area contributed by atoms with Gasteiger partial charge in [0.05, 0.1) is 12.6 Å². The average molecular weight is 474 g/mol. The number of halogens is 3. The number of carbonyl (C=O) groups excluding carboxylic acids is 2. The number of nitrogens with zero attached hydrogens (tertiary/aromatic N) is 1. The smallest absolute Gasteiger partial charge is 0.445 e. The molecular formula is C23H34F3NO4Si.